The maximum atomic E-state index is 13.5. The van der Waals surface area contributed by atoms with Crippen molar-refractivity contribution in [2.24, 2.45) is 5.73 Å². The van der Waals surface area contributed by atoms with Crippen molar-refractivity contribution in [2.45, 2.75) is 58.7 Å². The Balaban J connectivity index is 0.00000380. The lowest BCUT2D eigenvalue weighted by molar-refractivity contribution is -0.126. The van der Waals surface area contributed by atoms with Gasteiger partial charge in [0, 0.05) is 6.54 Å². The number of alkyl halides is 1. The van der Waals surface area contributed by atoms with Gasteiger partial charge in [0.1, 0.15) is 24.6 Å². The molecule has 4 rings (SSSR count). The van der Waals surface area contributed by atoms with Crippen molar-refractivity contribution in [3.63, 3.8) is 0 Å². The third kappa shape index (κ3) is 7.05. The second-order valence-electron chi connectivity index (χ2n) is 9.53. The molecule has 0 aliphatic carbocycles. The SMILES string of the molecule is C.CC(C)(N)C(=O)N[C@H](COCc1ccccc1)c1ncc2cccc(COC(=O)N3CC[C@@H](F)C3)n12. The highest BCUT2D eigenvalue weighted by Crippen LogP contribution is 2.21. The summed E-state index contributed by atoms with van der Waals surface area (Å²) in [5, 5.41) is 2.95. The van der Waals surface area contributed by atoms with Crippen LogP contribution in [-0.4, -0.2) is 57.7 Å². The molecule has 2 aromatic heterocycles. The molecule has 1 aliphatic rings. The summed E-state index contributed by atoms with van der Waals surface area (Å²) in [6.07, 6.45) is 0.416. The van der Waals surface area contributed by atoms with Gasteiger partial charge in [-0.3, -0.25) is 9.20 Å². The Kier molecular flexibility index (Phi) is 9.23. The number of amides is 2. The number of benzene rings is 1. The Morgan fingerprint density at radius 1 is 1.19 bits per heavy atom. The van der Waals surface area contributed by atoms with Crippen molar-refractivity contribution >= 4 is 17.5 Å². The van der Waals surface area contributed by atoms with Crippen LogP contribution in [0.2, 0.25) is 0 Å². The number of imidazole rings is 1. The van der Waals surface area contributed by atoms with E-state index in [1.807, 2.05) is 52.9 Å². The summed E-state index contributed by atoms with van der Waals surface area (Å²) in [7, 11) is 0. The van der Waals surface area contributed by atoms with Gasteiger partial charge >= 0.3 is 6.09 Å². The number of aromatic nitrogens is 2. The first-order valence-corrected chi connectivity index (χ1v) is 11.9. The van der Waals surface area contributed by atoms with Crippen LogP contribution in [0, 0.1) is 0 Å². The molecule has 10 heteroatoms. The Hall–Kier alpha value is -3.50. The molecule has 3 heterocycles. The van der Waals surface area contributed by atoms with Crippen LogP contribution in [0.25, 0.3) is 5.52 Å². The number of carbonyl (C=O) groups is 2. The molecule has 0 unspecified atom stereocenters. The normalized spacial score (nSPS) is 16.3. The number of likely N-dealkylation sites (tertiary alicyclic amines) is 1. The summed E-state index contributed by atoms with van der Waals surface area (Å²) in [6, 6.07) is 14.6. The number of fused-ring (bicyclic) bond motifs is 1. The Bertz CT molecular complexity index is 1190. The number of hydrogen-bond acceptors (Lipinski definition) is 6. The lowest BCUT2D eigenvalue weighted by Gasteiger charge is -2.24. The van der Waals surface area contributed by atoms with E-state index < -0.39 is 23.8 Å². The Morgan fingerprint density at radius 3 is 2.62 bits per heavy atom. The van der Waals surface area contributed by atoms with E-state index in [1.165, 1.54) is 4.90 Å². The van der Waals surface area contributed by atoms with Gasteiger partial charge < -0.3 is 25.4 Å². The molecule has 0 radical (unpaired) electrons. The van der Waals surface area contributed by atoms with Crippen LogP contribution in [0.1, 0.15) is 50.8 Å². The van der Waals surface area contributed by atoms with Crippen molar-refractivity contribution < 1.29 is 23.5 Å². The van der Waals surface area contributed by atoms with Crippen molar-refractivity contribution in [2.75, 3.05) is 19.7 Å². The maximum absolute atomic E-state index is 13.5. The lowest BCUT2D eigenvalue weighted by Crippen LogP contribution is -2.51. The fourth-order valence-electron chi connectivity index (χ4n) is 4.01. The number of carbonyl (C=O) groups excluding carboxylic acids is 2. The minimum atomic E-state index is -1.10. The molecule has 9 nitrogen and oxygen atoms in total. The van der Waals surface area contributed by atoms with Gasteiger partial charge in [-0.15, -0.1) is 0 Å². The quantitative estimate of drug-likeness (QED) is 0.451. The highest BCUT2D eigenvalue weighted by molar-refractivity contribution is 5.85. The topological polar surface area (TPSA) is 111 Å². The molecule has 200 valence electrons. The van der Waals surface area contributed by atoms with Gasteiger partial charge in [0.05, 0.1) is 42.7 Å². The zero-order valence-corrected chi connectivity index (χ0v) is 20.5. The Morgan fingerprint density at radius 2 is 1.95 bits per heavy atom. The minimum Gasteiger partial charge on any atom is -0.443 e. The van der Waals surface area contributed by atoms with E-state index in [0.717, 1.165) is 11.1 Å². The predicted octanol–water partition coefficient (Wildman–Crippen LogP) is 3.76. The average Bonchev–Trinajstić information content (AvgIpc) is 3.48. The molecular weight excluding hydrogens is 477 g/mol. The molecule has 0 bridgehead atoms. The van der Waals surface area contributed by atoms with Gasteiger partial charge in [-0.2, -0.15) is 0 Å². The maximum Gasteiger partial charge on any atom is 0.410 e. The van der Waals surface area contributed by atoms with Crippen LogP contribution in [0.5, 0.6) is 0 Å². The van der Waals surface area contributed by atoms with Crippen LogP contribution in [0.15, 0.2) is 54.7 Å². The molecule has 1 fully saturated rings. The van der Waals surface area contributed by atoms with E-state index in [1.54, 1.807) is 20.0 Å². The van der Waals surface area contributed by atoms with Crippen molar-refractivity contribution in [3.8, 4) is 0 Å². The van der Waals surface area contributed by atoms with Gasteiger partial charge in [-0.25, -0.2) is 14.2 Å². The number of nitrogens with two attached hydrogens (primary N) is 1. The molecule has 1 aromatic carbocycles. The molecule has 1 aliphatic heterocycles. The van der Waals surface area contributed by atoms with Gasteiger partial charge in [0.25, 0.3) is 0 Å². The van der Waals surface area contributed by atoms with Crippen molar-refractivity contribution in [3.05, 3.63) is 71.8 Å². The second kappa shape index (κ2) is 12.2. The first-order valence-electron chi connectivity index (χ1n) is 11.9. The molecule has 1 saturated heterocycles. The largest absolute Gasteiger partial charge is 0.443 e. The summed E-state index contributed by atoms with van der Waals surface area (Å²) in [4.78, 5) is 31.1. The molecule has 0 spiro atoms. The Labute approximate surface area is 216 Å². The highest BCUT2D eigenvalue weighted by atomic mass is 19.1. The fourth-order valence-corrected chi connectivity index (χ4v) is 4.01. The smallest absolute Gasteiger partial charge is 0.410 e. The molecule has 0 saturated carbocycles. The zero-order chi connectivity index (χ0) is 25.7. The summed E-state index contributed by atoms with van der Waals surface area (Å²) < 4.78 is 26.7. The van der Waals surface area contributed by atoms with E-state index in [9.17, 15) is 14.0 Å². The summed E-state index contributed by atoms with van der Waals surface area (Å²) in [5.74, 6) is 0.165. The number of pyridine rings is 1. The first kappa shape index (κ1) is 28.1. The number of nitrogens with zero attached hydrogens (tertiary/aromatic N) is 3. The standard InChI is InChI=1S/C26H32FN5O4.CH4/c1-26(2,28)24(33)30-22(17-35-15-18-7-4-3-5-8-18)23-29-13-20-9-6-10-21(32(20)23)16-36-25(34)31-12-11-19(27)14-31;/h3-10,13,19,22H,11-12,14-17,28H2,1-2H3,(H,30,33);1H4/t19-,22-;/m1./s1. The van der Waals surface area contributed by atoms with Crippen LogP contribution in [0.3, 0.4) is 0 Å². The van der Waals surface area contributed by atoms with E-state index in [0.29, 0.717) is 31.1 Å². The first-order chi connectivity index (χ1) is 17.2. The van der Waals surface area contributed by atoms with Gasteiger partial charge in [0.2, 0.25) is 5.91 Å². The monoisotopic (exact) mass is 513 g/mol. The summed E-state index contributed by atoms with van der Waals surface area (Å²) >= 11 is 0. The molecule has 2 amide bonds. The molecule has 3 aromatic rings. The molecule has 2 atom stereocenters. The molecular formula is C27H36FN5O4. The van der Waals surface area contributed by atoms with Crippen molar-refractivity contribution in [1.29, 1.82) is 0 Å². The van der Waals surface area contributed by atoms with Gasteiger partial charge in [-0.1, -0.05) is 43.8 Å². The van der Waals surface area contributed by atoms with Crippen LogP contribution < -0.4 is 11.1 Å². The third-order valence-electron chi connectivity index (χ3n) is 5.99. The number of nitrogens with one attached hydrogen (secondary N) is 1. The van der Waals surface area contributed by atoms with E-state index in [-0.39, 0.29) is 33.1 Å². The van der Waals surface area contributed by atoms with E-state index >= 15 is 0 Å². The van der Waals surface area contributed by atoms with E-state index in [2.05, 4.69) is 10.3 Å². The summed E-state index contributed by atoms with van der Waals surface area (Å²) in [6.45, 7) is 4.09. The number of rotatable bonds is 9. The number of hydrogen-bond donors (Lipinski definition) is 2. The minimum absolute atomic E-state index is 0. The highest BCUT2D eigenvalue weighted by Gasteiger charge is 2.29. The molecule has 3 N–H and O–H groups in total. The second-order valence-corrected chi connectivity index (χ2v) is 9.53. The third-order valence-corrected chi connectivity index (χ3v) is 5.99. The van der Waals surface area contributed by atoms with Crippen molar-refractivity contribution in [1.82, 2.24) is 19.6 Å². The predicted molar refractivity (Wildman–Crippen MR) is 138 cm³/mol. The van der Waals surface area contributed by atoms with Gasteiger partial charge in [-0.05, 0) is 38.0 Å². The average molecular weight is 514 g/mol. The summed E-state index contributed by atoms with van der Waals surface area (Å²) in [5.41, 5.74) is 7.33. The zero-order valence-electron chi connectivity index (χ0n) is 20.5. The van der Waals surface area contributed by atoms with Crippen LogP contribution in [0.4, 0.5) is 9.18 Å². The van der Waals surface area contributed by atoms with Gasteiger partial charge in [0.15, 0.2) is 0 Å². The number of halogens is 1. The lowest BCUT2D eigenvalue weighted by atomic mass is 10.1. The van der Waals surface area contributed by atoms with E-state index in [4.69, 9.17) is 15.2 Å². The fraction of sp³-hybridized carbons (Fsp3) is 0.444. The van der Waals surface area contributed by atoms with Crippen LogP contribution >= 0.6 is 0 Å². The number of ether oxygens (including phenoxy) is 2. The van der Waals surface area contributed by atoms with Crippen LogP contribution in [-0.2, 0) is 27.5 Å². The molecule has 37 heavy (non-hydrogen) atoms.